The predicted octanol–water partition coefficient (Wildman–Crippen LogP) is 5.09. The molecule has 2 N–H and O–H groups in total. The number of aliphatic hydroxyl groups is 1. The average Bonchev–Trinajstić information content (AvgIpc) is 2.41. The highest BCUT2D eigenvalue weighted by Crippen LogP contribution is 2.40. The number of aliphatic hydroxyl groups excluding tert-OH is 1. The Hall–Kier alpha value is -0.970. The number of rotatable bonds is 3. The van der Waals surface area contributed by atoms with Crippen LogP contribution >= 0.6 is 46.4 Å². The van der Waals surface area contributed by atoms with E-state index >= 15 is 0 Å². The van der Waals surface area contributed by atoms with E-state index in [0.29, 0.717) is 11.1 Å². The van der Waals surface area contributed by atoms with Crippen LogP contribution in [0.15, 0.2) is 30.3 Å². The molecule has 0 spiro atoms. The van der Waals surface area contributed by atoms with Gasteiger partial charge < -0.3 is 10.2 Å². The van der Waals surface area contributed by atoms with Crippen molar-refractivity contribution in [1.82, 2.24) is 0 Å². The highest BCUT2D eigenvalue weighted by molar-refractivity contribution is 6.44. The molecule has 21 heavy (non-hydrogen) atoms. The molecule has 1 unspecified atom stereocenters. The summed E-state index contributed by atoms with van der Waals surface area (Å²) in [4.78, 5) is 11.1. The summed E-state index contributed by atoms with van der Waals surface area (Å²) < 4.78 is 0. The van der Waals surface area contributed by atoms with E-state index in [1.807, 2.05) is 0 Å². The number of carboxylic acids is 1. The van der Waals surface area contributed by atoms with Crippen LogP contribution in [0.5, 0.6) is 0 Å². The molecule has 0 bridgehead atoms. The molecule has 1 atom stereocenters. The summed E-state index contributed by atoms with van der Waals surface area (Å²) in [5.74, 6) is -1.42. The molecule has 0 radical (unpaired) electrons. The molecule has 0 saturated heterocycles. The Morgan fingerprint density at radius 2 is 1.52 bits per heavy atom. The lowest BCUT2D eigenvalue weighted by molar-refractivity contribution is -0.146. The average molecular weight is 366 g/mol. The maximum atomic E-state index is 11.1. The van der Waals surface area contributed by atoms with Crippen molar-refractivity contribution in [2.24, 2.45) is 0 Å². The lowest BCUT2D eigenvalue weighted by Gasteiger charge is -2.16. The molecule has 7 heteroatoms. The standard InChI is InChI=1S/C14H8Cl4O3/c15-8-3-1-2-6(12(8)13(19)14(20)21)7-4-10(17)11(18)5-9(7)16/h1-5,13,19H,(H,20,21). The van der Waals surface area contributed by atoms with Crippen LogP contribution in [0.2, 0.25) is 20.1 Å². The molecule has 2 rings (SSSR count). The van der Waals surface area contributed by atoms with Crippen LogP contribution in [-0.2, 0) is 4.79 Å². The molecule has 0 fully saturated rings. The monoisotopic (exact) mass is 364 g/mol. The summed E-state index contributed by atoms with van der Waals surface area (Å²) in [7, 11) is 0. The summed E-state index contributed by atoms with van der Waals surface area (Å²) >= 11 is 24.0. The van der Waals surface area contributed by atoms with Crippen molar-refractivity contribution < 1.29 is 15.0 Å². The van der Waals surface area contributed by atoms with Crippen molar-refractivity contribution in [3.63, 3.8) is 0 Å². The van der Waals surface area contributed by atoms with Crippen LogP contribution in [-0.4, -0.2) is 16.2 Å². The Morgan fingerprint density at radius 3 is 2.14 bits per heavy atom. The third kappa shape index (κ3) is 3.28. The molecule has 0 heterocycles. The molecular formula is C14H8Cl4O3. The van der Waals surface area contributed by atoms with Crippen molar-refractivity contribution in [2.45, 2.75) is 6.10 Å². The molecule has 0 aromatic heterocycles. The second kappa shape index (κ2) is 6.42. The SMILES string of the molecule is O=C(O)C(O)c1c(Cl)cccc1-c1cc(Cl)c(Cl)cc1Cl. The van der Waals surface area contributed by atoms with Crippen LogP contribution in [0, 0.1) is 0 Å². The summed E-state index contributed by atoms with van der Waals surface area (Å²) in [6.07, 6.45) is -1.78. The van der Waals surface area contributed by atoms with Gasteiger partial charge in [0.1, 0.15) is 0 Å². The predicted molar refractivity (Wildman–Crippen MR) is 84.5 cm³/mol. The largest absolute Gasteiger partial charge is 0.479 e. The van der Waals surface area contributed by atoms with Crippen molar-refractivity contribution in [3.05, 3.63) is 56.0 Å². The maximum Gasteiger partial charge on any atom is 0.337 e. The van der Waals surface area contributed by atoms with Crippen LogP contribution < -0.4 is 0 Å². The van der Waals surface area contributed by atoms with Crippen LogP contribution in [0.1, 0.15) is 11.7 Å². The smallest absolute Gasteiger partial charge is 0.337 e. The van der Waals surface area contributed by atoms with Gasteiger partial charge in [-0.1, -0.05) is 58.5 Å². The molecule has 0 aliphatic rings. The Labute approximate surface area is 140 Å². The highest BCUT2D eigenvalue weighted by atomic mass is 35.5. The van der Waals surface area contributed by atoms with Crippen molar-refractivity contribution in [3.8, 4) is 11.1 Å². The summed E-state index contributed by atoms with van der Waals surface area (Å²) in [5.41, 5.74) is 0.858. The number of carbonyl (C=O) groups is 1. The lowest BCUT2D eigenvalue weighted by Crippen LogP contribution is -2.12. The molecule has 0 saturated carbocycles. The molecule has 110 valence electrons. The first kappa shape index (κ1) is 16.4. The van der Waals surface area contributed by atoms with Crippen LogP contribution in [0.25, 0.3) is 11.1 Å². The minimum atomic E-state index is -1.78. The van der Waals surface area contributed by atoms with Gasteiger partial charge in [0, 0.05) is 21.2 Å². The first-order valence-corrected chi connectivity index (χ1v) is 7.18. The second-order valence-electron chi connectivity index (χ2n) is 4.19. The third-order valence-corrected chi connectivity index (χ3v) is 4.22. The van der Waals surface area contributed by atoms with Gasteiger partial charge in [0.2, 0.25) is 0 Å². The van der Waals surface area contributed by atoms with Gasteiger partial charge in [-0.05, 0) is 23.8 Å². The Balaban J connectivity index is 2.73. The fraction of sp³-hybridized carbons (Fsp3) is 0.0714. The molecule has 0 aliphatic heterocycles. The fourth-order valence-electron chi connectivity index (χ4n) is 1.90. The van der Waals surface area contributed by atoms with Gasteiger partial charge in [-0.15, -0.1) is 0 Å². The molecule has 0 amide bonds. The van der Waals surface area contributed by atoms with Gasteiger partial charge >= 0.3 is 5.97 Å². The van der Waals surface area contributed by atoms with E-state index in [0.717, 1.165) is 0 Å². The summed E-state index contributed by atoms with van der Waals surface area (Å²) in [5, 5.41) is 19.8. The van der Waals surface area contributed by atoms with Gasteiger partial charge in [-0.3, -0.25) is 0 Å². The van der Waals surface area contributed by atoms with Crippen molar-refractivity contribution >= 4 is 52.4 Å². The lowest BCUT2D eigenvalue weighted by atomic mass is 9.96. The zero-order valence-electron chi connectivity index (χ0n) is 10.3. The quantitative estimate of drug-likeness (QED) is 0.745. The number of halogens is 4. The second-order valence-corrected chi connectivity index (χ2v) is 5.82. The zero-order valence-corrected chi connectivity index (χ0v) is 13.3. The van der Waals surface area contributed by atoms with Gasteiger partial charge in [0.05, 0.1) is 10.0 Å². The normalized spacial score (nSPS) is 12.2. The van der Waals surface area contributed by atoms with E-state index in [2.05, 4.69) is 0 Å². The third-order valence-electron chi connectivity index (χ3n) is 2.86. The van der Waals surface area contributed by atoms with Crippen LogP contribution in [0.4, 0.5) is 0 Å². The molecule has 3 nitrogen and oxygen atoms in total. The van der Waals surface area contributed by atoms with E-state index in [1.54, 1.807) is 12.1 Å². The Morgan fingerprint density at radius 1 is 0.905 bits per heavy atom. The van der Waals surface area contributed by atoms with E-state index in [1.165, 1.54) is 18.2 Å². The summed E-state index contributed by atoms with van der Waals surface area (Å²) in [6, 6.07) is 7.64. The van der Waals surface area contributed by atoms with Crippen molar-refractivity contribution in [1.29, 1.82) is 0 Å². The zero-order chi connectivity index (χ0) is 15.7. The van der Waals surface area contributed by atoms with E-state index < -0.39 is 12.1 Å². The number of aliphatic carboxylic acids is 1. The van der Waals surface area contributed by atoms with E-state index in [-0.39, 0.29) is 25.7 Å². The minimum absolute atomic E-state index is 0.0481. The van der Waals surface area contributed by atoms with Gasteiger partial charge in [0.25, 0.3) is 0 Å². The number of hydrogen-bond donors (Lipinski definition) is 2. The maximum absolute atomic E-state index is 11.1. The summed E-state index contributed by atoms with van der Waals surface area (Å²) in [6.45, 7) is 0. The Bertz CT molecular complexity index is 716. The van der Waals surface area contributed by atoms with E-state index in [4.69, 9.17) is 51.5 Å². The van der Waals surface area contributed by atoms with Crippen LogP contribution in [0.3, 0.4) is 0 Å². The van der Waals surface area contributed by atoms with Gasteiger partial charge in [0.15, 0.2) is 6.10 Å². The minimum Gasteiger partial charge on any atom is -0.479 e. The fourth-order valence-corrected chi connectivity index (χ4v) is 2.83. The number of carboxylic acid groups (broad SMARTS) is 1. The van der Waals surface area contributed by atoms with Gasteiger partial charge in [-0.2, -0.15) is 0 Å². The Kier molecular flexibility index (Phi) is 5.02. The molecule has 2 aromatic rings. The topological polar surface area (TPSA) is 57.5 Å². The number of hydrogen-bond acceptors (Lipinski definition) is 2. The molecule has 2 aromatic carbocycles. The van der Waals surface area contributed by atoms with Gasteiger partial charge in [-0.25, -0.2) is 4.79 Å². The first-order chi connectivity index (χ1) is 9.82. The molecule has 0 aliphatic carbocycles. The van der Waals surface area contributed by atoms with E-state index in [9.17, 15) is 9.90 Å². The highest BCUT2D eigenvalue weighted by Gasteiger charge is 2.24. The first-order valence-electron chi connectivity index (χ1n) is 5.67. The van der Waals surface area contributed by atoms with Crippen molar-refractivity contribution in [2.75, 3.05) is 0 Å². The molecular weight excluding hydrogens is 358 g/mol. The number of benzene rings is 2.